The fourth-order valence-corrected chi connectivity index (χ4v) is 4.62. The van der Waals surface area contributed by atoms with E-state index in [1.165, 1.54) is 4.90 Å². The molecule has 0 spiro atoms. The van der Waals surface area contributed by atoms with Gasteiger partial charge in [-0.25, -0.2) is 14.8 Å². The fraction of sp³-hybridized carbons (Fsp3) is 0.462. The van der Waals surface area contributed by atoms with Gasteiger partial charge in [-0.05, 0) is 46.0 Å². The molecule has 0 aliphatic carbocycles. The molecule has 12 nitrogen and oxygen atoms in total. The van der Waals surface area contributed by atoms with E-state index in [1.807, 2.05) is 20.8 Å². The number of aromatic nitrogens is 3. The Labute approximate surface area is 231 Å². The molecule has 3 heterocycles. The third-order valence-electron chi connectivity index (χ3n) is 6.46. The van der Waals surface area contributed by atoms with E-state index in [0.29, 0.717) is 64.8 Å². The Balaban J connectivity index is 1.72. The normalized spacial score (nSPS) is 16.3. The number of morpholine rings is 1. The molecule has 1 fully saturated rings. The molecule has 3 aromatic rings. The summed E-state index contributed by atoms with van der Waals surface area (Å²) in [6.07, 6.45) is -1.68. The van der Waals surface area contributed by atoms with E-state index >= 15 is 0 Å². The number of nitrogens with one attached hydrogen (secondary N) is 2. The number of anilines is 1. The zero-order valence-electron chi connectivity index (χ0n) is 22.3. The molecule has 1 aromatic carbocycles. The molecule has 0 radical (unpaired) electrons. The number of likely N-dealkylation sites (N-methyl/N-ethyl adjacent to an activating group) is 1. The van der Waals surface area contributed by atoms with Gasteiger partial charge in [-0.2, -0.15) is 0 Å². The van der Waals surface area contributed by atoms with Crippen molar-refractivity contribution in [1.82, 2.24) is 25.3 Å². The summed E-state index contributed by atoms with van der Waals surface area (Å²) in [5.74, 6) is 1.95. The van der Waals surface area contributed by atoms with Crippen LogP contribution in [0.15, 0.2) is 22.7 Å². The van der Waals surface area contributed by atoms with Crippen LogP contribution in [-0.4, -0.2) is 95.0 Å². The molecule has 1 aliphatic rings. The van der Waals surface area contributed by atoms with Crippen LogP contribution in [0.1, 0.15) is 17.0 Å². The number of carbonyl (C=O) groups is 1. The number of benzene rings is 1. The number of ether oxygens (including phenoxy) is 2. The molecule has 39 heavy (non-hydrogen) atoms. The fourth-order valence-electron chi connectivity index (χ4n) is 4.42. The Bertz CT molecular complexity index is 1300. The summed E-state index contributed by atoms with van der Waals surface area (Å²) in [4.78, 5) is 22.7. The van der Waals surface area contributed by atoms with Gasteiger partial charge in [0.1, 0.15) is 30.0 Å². The number of halogens is 1. The minimum atomic E-state index is -0.995. The van der Waals surface area contributed by atoms with Gasteiger partial charge in [-0.3, -0.25) is 4.90 Å². The minimum absolute atomic E-state index is 0.0946. The molecule has 1 amide bonds. The lowest BCUT2D eigenvalue weighted by molar-refractivity contribution is 0.00443. The summed E-state index contributed by atoms with van der Waals surface area (Å²) in [7, 11) is 1.75. The molecule has 13 heteroatoms. The molecule has 210 valence electrons. The van der Waals surface area contributed by atoms with E-state index in [-0.39, 0.29) is 25.8 Å². The molecule has 4 N–H and O–H groups in total. The van der Waals surface area contributed by atoms with Gasteiger partial charge in [-0.15, -0.1) is 0 Å². The van der Waals surface area contributed by atoms with Crippen LogP contribution in [0.4, 0.5) is 10.6 Å². The number of carboxylic acid groups (broad SMARTS) is 1. The Morgan fingerprint density at radius 3 is 2.79 bits per heavy atom. The van der Waals surface area contributed by atoms with Gasteiger partial charge in [0.2, 0.25) is 0 Å². The first kappa shape index (κ1) is 28.6. The molecule has 0 saturated carbocycles. The molecular formula is C26H33ClN6O6. The van der Waals surface area contributed by atoms with Crippen molar-refractivity contribution in [3.8, 4) is 28.4 Å². The number of nitrogens with zero attached hydrogens (tertiary/aromatic N) is 4. The zero-order valence-corrected chi connectivity index (χ0v) is 23.1. The Kier molecular flexibility index (Phi) is 9.23. The topological polar surface area (TPSA) is 155 Å². The average Bonchev–Trinajstić information content (AvgIpc) is 3.25. The first-order chi connectivity index (χ1) is 18.7. The molecule has 2 aromatic heterocycles. The number of hydrogen-bond donors (Lipinski definition) is 4. The van der Waals surface area contributed by atoms with Crippen LogP contribution < -0.4 is 15.4 Å². The lowest BCUT2D eigenvalue weighted by Crippen LogP contribution is -2.51. The highest BCUT2D eigenvalue weighted by atomic mass is 35.5. The third-order valence-corrected chi connectivity index (χ3v) is 6.78. The van der Waals surface area contributed by atoms with Crippen LogP contribution in [0.25, 0.3) is 22.6 Å². The van der Waals surface area contributed by atoms with Crippen LogP contribution in [0.2, 0.25) is 5.02 Å². The van der Waals surface area contributed by atoms with Crippen molar-refractivity contribution in [3.63, 3.8) is 0 Å². The number of rotatable bonds is 10. The summed E-state index contributed by atoms with van der Waals surface area (Å²) in [5.41, 5.74) is 3.30. The first-order valence-corrected chi connectivity index (χ1v) is 13.0. The summed E-state index contributed by atoms with van der Waals surface area (Å²) in [6, 6.07) is 4.73. The highest BCUT2D eigenvalue weighted by molar-refractivity contribution is 6.33. The van der Waals surface area contributed by atoms with Crippen molar-refractivity contribution in [3.05, 3.63) is 40.2 Å². The predicted octanol–water partition coefficient (Wildman–Crippen LogP) is 3.13. The van der Waals surface area contributed by atoms with E-state index in [2.05, 4.69) is 15.8 Å². The van der Waals surface area contributed by atoms with Gasteiger partial charge < -0.3 is 34.8 Å². The van der Waals surface area contributed by atoms with Crippen molar-refractivity contribution >= 4 is 23.5 Å². The standard InChI is InChI=1S/C26H33ClN6O6/c1-14-23(22-15(2)32-39-16(22)3)30-25(20-9-19(5-6-21(20)27)38-13-18(34)11-28-4)31-24(14)29-10-17-12-37-8-7-33(17)26(35)36/h5-6,9,17-18,28,34H,7-8,10-13H2,1-4H3,(H,35,36)(H,29,30,31)/t17?,18-/m1/s1. The van der Waals surface area contributed by atoms with E-state index in [0.717, 1.165) is 11.1 Å². The van der Waals surface area contributed by atoms with Crippen molar-refractivity contribution in [2.45, 2.75) is 32.9 Å². The molecule has 4 rings (SSSR count). The predicted molar refractivity (Wildman–Crippen MR) is 145 cm³/mol. The van der Waals surface area contributed by atoms with Crippen molar-refractivity contribution in [2.75, 3.05) is 51.8 Å². The first-order valence-electron chi connectivity index (χ1n) is 12.6. The van der Waals surface area contributed by atoms with Crippen LogP contribution in [0.5, 0.6) is 5.75 Å². The lowest BCUT2D eigenvalue weighted by Gasteiger charge is -2.33. The SMILES string of the molecule is CNC[C@@H](O)COc1ccc(Cl)c(-c2nc(NCC3COCCN3C(=O)O)c(C)c(-c3c(C)noc3C)n2)c1. The number of aliphatic hydroxyl groups excluding tert-OH is 1. The molecular weight excluding hydrogens is 528 g/mol. The number of amides is 1. The van der Waals surface area contributed by atoms with Gasteiger partial charge in [0, 0.05) is 30.8 Å². The molecule has 0 bridgehead atoms. The van der Waals surface area contributed by atoms with E-state index in [1.54, 1.807) is 25.2 Å². The van der Waals surface area contributed by atoms with Crippen LogP contribution in [-0.2, 0) is 4.74 Å². The lowest BCUT2D eigenvalue weighted by atomic mass is 10.0. The smallest absolute Gasteiger partial charge is 0.407 e. The average molecular weight is 561 g/mol. The van der Waals surface area contributed by atoms with Crippen LogP contribution in [0, 0.1) is 20.8 Å². The van der Waals surface area contributed by atoms with Crippen molar-refractivity contribution < 1.29 is 29.0 Å². The second kappa shape index (κ2) is 12.6. The Morgan fingerprint density at radius 1 is 1.31 bits per heavy atom. The van der Waals surface area contributed by atoms with Gasteiger partial charge in [0.05, 0.1) is 41.2 Å². The van der Waals surface area contributed by atoms with Gasteiger partial charge >= 0.3 is 6.09 Å². The van der Waals surface area contributed by atoms with E-state index in [4.69, 9.17) is 35.6 Å². The molecule has 2 atom stereocenters. The summed E-state index contributed by atoms with van der Waals surface area (Å²) >= 11 is 6.59. The zero-order chi connectivity index (χ0) is 28.1. The minimum Gasteiger partial charge on any atom is -0.491 e. The monoisotopic (exact) mass is 560 g/mol. The molecule has 1 unspecified atom stereocenters. The van der Waals surface area contributed by atoms with Gasteiger partial charge in [0.25, 0.3) is 0 Å². The van der Waals surface area contributed by atoms with Gasteiger partial charge in [-0.1, -0.05) is 16.8 Å². The Morgan fingerprint density at radius 2 is 2.10 bits per heavy atom. The van der Waals surface area contributed by atoms with Crippen LogP contribution >= 0.6 is 11.6 Å². The van der Waals surface area contributed by atoms with Crippen molar-refractivity contribution in [2.24, 2.45) is 0 Å². The molecule has 1 aliphatic heterocycles. The largest absolute Gasteiger partial charge is 0.491 e. The van der Waals surface area contributed by atoms with Gasteiger partial charge in [0.15, 0.2) is 5.82 Å². The number of aliphatic hydroxyl groups is 1. The van der Waals surface area contributed by atoms with Crippen molar-refractivity contribution in [1.29, 1.82) is 0 Å². The summed E-state index contributed by atoms with van der Waals surface area (Å²) < 4.78 is 16.7. The third kappa shape index (κ3) is 6.59. The quantitative estimate of drug-likeness (QED) is 0.289. The maximum Gasteiger partial charge on any atom is 0.407 e. The number of hydrogen-bond acceptors (Lipinski definition) is 10. The van der Waals surface area contributed by atoms with Crippen LogP contribution in [0.3, 0.4) is 0 Å². The summed E-state index contributed by atoms with van der Waals surface area (Å²) in [6.45, 7) is 7.23. The maximum absolute atomic E-state index is 11.7. The maximum atomic E-state index is 11.7. The second-order valence-electron chi connectivity index (χ2n) is 9.32. The number of aryl methyl sites for hydroxylation is 2. The van der Waals surface area contributed by atoms with E-state index in [9.17, 15) is 15.0 Å². The van der Waals surface area contributed by atoms with E-state index < -0.39 is 12.2 Å². The Hall–Kier alpha value is -3.45. The highest BCUT2D eigenvalue weighted by Crippen LogP contribution is 2.36. The second-order valence-corrected chi connectivity index (χ2v) is 9.73. The molecule has 1 saturated heterocycles. The summed E-state index contributed by atoms with van der Waals surface area (Å²) in [5, 5.41) is 30.3. The highest BCUT2D eigenvalue weighted by Gasteiger charge is 2.28.